The third-order valence-electron chi connectivity index (χ3n) is 5.73. The summed E-state index contributed by atoms with van der Waals surface area (Å²) in [5.41, 5.74) is 6.12. The van der Waals surface area contributed by atoms with Gasteiger partial charge in [0, 0.05) is 19.0 Å². The molecular weight excluding hydrogens is 446 g/mol. The maximum atomic E-state index is 11.3. The molecule has 0 saturated carbocycles. The van der Waals surface area contributed by atoms with Gasteiger partial charge in [0.1, 0.15) is 5.82 Å². The van der Waals surface area contributed by atoms with Gasteiger partial charge in [-0.2, -0.15) is 0 Å². The Balaban J connectivity index is 1.73. The van der Waals surface area contributed by atoms with Gasteiger partial charge in [-0.3, -0.25) is 10.0 Å². The van der Waals surface area contributed by atoms with Crippen molar-refractivity contribution in [3.05, 3.63) is 89.3 Å². The summed E-state index contributed by atoms with van der Waals surface area (Å²) in [5, 5.41) is 19.1. The monoisotopic (exact) mass is 473 g/mol. The van der Waals surface area contributed by atoms with Crippen molar-refractivity contribution in [3.63, 3.8) is 0 Å². The van der Waals surface area contributed by atoms with E-state index in [1.165, 1.54) is 25.9 Å². The maximum Gasteiger partial charge on any atom is 0.267 e. The number of hydroxylamine groups is 1. The average Bonchev–Trinajstić information content (AvgIpc) is 3.22. The lowest BCUT2D eigenvalue weighted by molar-refractivity contribution is -0.124. The fraction of sp³-hybridized carbons (Fsp3) is 0.185. The number of carbonyl (C=O) groups excluding carboxylic acids is 1. The second kappa shape index (κ2) is 10.8. The van der Waals surface area contributed by atoms with Crippen molar-refractivity contribution in [1.29, 1.82) is 0 Å². The average molecular weight is 474 g/mol. The molecule has 180 valence electrons. The molecule has 3 N–H and O–H groups in total. The maximum absolute atomic E-state index is 11.3. The summed E-state index contributed by atoms with van der Waals surface area (Å²) in [6.45, 7) is 0.469. The van der Waals surface area contributed by atoms with E-state index in [0.717, 1.165) is 40.8 Å². The van der Waals surface area contributed by atoms with Gasteiger partial charge in [-0.25, -0.2) is 10.5 Å². The number of nitrogens with one attached hydrogen (secondary N) is 1. The Morgan fingerprint density at radius 1 is 1.03 bits per heavy atom. The first kappa shape index (κ1) is 23.8. The smallest absolute Gasteiger partial charge is 0.267 e. The molecule has 1 amide bonds. The Morgan fingerprint density at radius 3 is 2.54 bits per heavy atom. The van der Waals surface area contributed by atoms with E-state index >= 15 is 0 Å². The molecule has 0 radical (unpaired) electrons. The molecule has 4 aromatic rings. The van der Waals surface area contributed by atoms with E-state index in [4.69, 9.17) is 19.7 Å². The third-order valence-corrected chi connectivity index (χ3v) is 5.73. The first-order valence-electron chi connectivity index (χ1n) is 11.1. The molecule has 8 heteroatoms. The second-order valence-corrected chi connectivity index (χ2v) is 8.01. The van der Waals surface area contributed by atoms with Crippen molar-refractivity contribution in [3.8, 4) is 17.2 Å². The van der Waals surface area contributed by atoms with Crippen LogP contribution in [-0.4, -0.2) is 40.0 Å². The number of phenols is 1. The molecule has 0 spiro atoms. The van der Waals surface area contributed by atoms with Crippen LogP contribution in [0.25, 0.3) is 17.1 Å². The molecule has 0 aliphatic carbocycles. The number of imidazole rings is 1. The van der Waals surface area contributed by atoms with E-state index in [2.05, 4.69) is 16.7 Å². The van der Waals surface area contributed by atoms with Gasteiger partial charge in [-0.1, -0.05) is 36.4 Å². The van der Waals surface area contributed by atoms with Crippen LogP contribution in [0.4, 0.5) is 0 Å². The summed E-state index contributed by atoms with van der Waals surface area (Å²) in [5.74, 6) is 1.04. The van der Waals surface area contributed by atoms with E-state index in [9.17, 15) is 9.90 Å². The summed E-state index contributed by atoms with van der Waals surface area (Å²) in [6.07, 6.45) is 4.40. The number of phenolic OH excluding ortho intramolecular Hbond substituents is 1. The predicted molar refractivity (Wildman–Crippen MR) is 133 cm³/mol. The lowest BCUT2D eigenvalue weighted by Gasteiger charge is -2.14. The third kappa shape index (κ3) is 5.44. The summed E-state index contributed by atoms with van der Waals surface area (Å²) in [7, 11) is 3.02. The molecule has 4 rings (SSSR count). The fourth-order valence-electron chi connectivity index (χ4n) is 4.05. The zero-order chi connectivity index (χ0) is 24.8. The van der Waals surface area contributed by atoms with Crippen LogP contribution in [0.5, 0.6) is 17.2 Å². The van der Waals surface area contributed by atoms with Gasteiger partial charge in [0.15, 0.2) is 11.5 Å². The number of nitrogens with zero attached hydrogens (tertiary/aromatic N) is 2. The van der Waals surface area contributed by atoms with E-state index in [-0.39, 0.29) is 5.75 Å². The zero-order valence-electron chi connectivity index (χ0n) is 19.6. The predicted octanol–water partition coefficient (Wildman–Crippen LogP) is 4.11. The molecule has 0 fully saturated rings. The molecule has 1 heterocycles. The molecule has 0 aliphatic heterocycles. The summed E-state index contributed by atoms with van der Waals surface area (Å²) in [4.78, 5) is 16.2. The van der Waals surface area contributed by atoms with Crippen LogP contribution in [0.2, 0.25) is 0 Å². The van der Waals surface area contributed by atoms with Crippen LogP contribution >= 0.6 is 0 Å². The van der Waals surface area contributed by atoms with Crippen molar-refractivity contribution in [2.75, 3.05) is 14.2 Å². The Kier molecular flexibility index (Phi) is 7.32. The SMILES string of the molecule is COc1cc(Cn2c(CCc3ccccc3)nc3cc(/C=C/C(=O)NO)ccc32)cc(O)c1OC. The van der Waals surface area contributed by atoms with Crippen LogP contribution in [-0.2, 0) is 24.2 Å². The molecule has 35 heavy (non-hydrogen) atoms. The largest absolute Gasteiger partial charge is 0.504 e. The zero-order valence-corrected chi connectivity index (χ0v) is 19.6. The molecule has 8 nitrogen and oxygen atoms in total. The standard InChI is InChI=1S/C27H27N3O5/c1-34-24-16-20(15-23(31)27(24)35-2)17-30-22-11-8-19(10-13-26(32)29-33)14-21(22)28-25(30)12-9-18-6-4-3-5-7-18/h3-8,10-11,13-16,31,33H,9,12,17H2,1-2H3,(H,29,32)/b13-10+. The molecule has 1 aromatic heterocycles. The minimum Gasteiger partial charge on any atom is -0.504 e. The number of fused-ring (bicyclic) bond motifs is 1. The molecule has 0 unspecified atom stereocenters. The Bertz CT molecular complexity index is 1360. The van der Waals surface area contributed by atoms with E-state index in [1.54, 1.807) is 17.6 Å². The molecule has 0 atom stereocenters. The van der Waals surface area contributed by atoms with Crippen molar-refractivity contribution in [2.45, 2.75) is 19.4 Å². The molecular formula is C27H27N3O5. The molecule has 0 bridgehead atoms. The van der Waals surface area contributed by atoms with Crippen LogP contribution in [0.3, 0.4) is 0 Å². The Labute approximate surface area is 203 Å². The van der Waals surface area contributed by atoms with E-state index in [0.29, 0.717) is 18.0 Å². The van der Waals surface area contributed by atoms with Crippen LogP contribution in [0.15, 0.2) is 66.7 Å². The van der Waals surface area contributed by atoms with Gasteiger partial charge >= 0.3 is 0 Å². The highest BCUT2D eigenvalue weighted by Crippen LogP contribution is 2.38. The van der Waals surface area contributed by atoms with Gasteiger partial charge in [0.05, 0.1) is 25.3 Å². The quantitative estimate of drug-likeness (QED) is 0.192. The van der Waals surface area contributed by atoms with Crippen molar-refractivity contribution in [1.82, 2.24) is 15.0 Å². The van der Waals surface area contributed by atoms with Gasteiger partial charge in [-0.05, 0) is 53.5 Å². The molecule has 0 aliphatic rings. The first-order chi connectivity index (χ1) is 17.0. The number of carbonyl (C=O) groups is 1. The van der Waals surface area contributed by atoms with E-state index in [1.807, 2.05) is 42.5 Å². The van der Waals surface area contributed by atoms with Gasteiger partial charge in [-0.15, -0.1) is 0 Å². The summed E-state index contributed by atoms with van der Waals surface area (Å²) in [6, 6.07) is 19.5. The summed E-state index contributed by atoms with van der Waals surface area (Å²) < 4.78 is 12.8. The van der Waals surface area contributed by atoms with Crippen molar-refractivity contribution < 1.29 is 24.6 Å². The number of aromatic nitrogens is 2. The van der Waals surface area contributed by atoms with Gasteiger partial charge < -0.3 is 19.1 Å². The number of hydrogen-bond donors (Lipinski definition) is 3. The first-order valence-corrected chi connectivity index (χ1v) is 11.1. The van der Waals surface area contributed by atoms with Gasteiger partial charge in [0.25, 0.3) is 5.91 Å². The molecule has 0 saturated heterocycles. The number of ether oxygens (including phenoxy) is 2. The lowest BCUT2D eigenvalue weighted by atomic mass is 10.1. The number of aryl methyl sites for hydroxylation is 2. The number of hydrogen-bond acceptors (Lipinski definition) is 6. The topological polar surface area (TPSA) is 106 Å². The van der Waals surface area contributed by atoms with Gasteiger partial charge in [0.2, 0.25) is 5.75 Å². The minimum atomic E-state index is -0.604. The number of benzene rings is 3. The van der Waals surface area contributed by atoms with E-state index < -0.39 is 5.91 Å². The lowest BCUT2D eigenvalue weighted by Crippen LogP contribution is -2.14. The Hall–Kier alpha value is -4.30. The van der Waals surface area contributed by atoms with Crippen LogP contribution in [0, 0.1) is 0 Å². The highest BCUT2D eigenvalue weighted by atomic mass is 16.5. The highest BCUT2D eigenvalue weighted by molar-refractivity contribution is 5.91. The van der Waals surface area contributed by atoms with Crippen LogP contribution in [0.1, 0.15) is 22.5 Å². The summed E-state index contributed by atoms with van der Waals surface area (Å²) >= 11 is 0. The van der Waals surface area contributed by atoms with Crippen LogP contribution < -0.4 is 15.0 Å². The fourth-order valence-corrected chi connectivity index (χ4v) is 4.05. The van der Waals surface area contributed by atoms with Crippen molar-refractivity contribution >= 4 is 23.0 Å². The molecule has 3 aromatic carbocycles. The second-order valence-electron chi connectivity index (χ2n) is 8.01. The highest BCUT2D eigenvalue weighted by Gasteiger charge is 2.16. The number of methoxy groups -OCH3 is 2. The Morgan fingerprint density at radius 2 is 1.83 bits per heavy atom. The number of aromatic hydroxyl groups is 1. The number of rotatable bonds is 9. The van der Waals surface area contributed by atoms with Crippen molar-refractivity contribution in [2.24, 2.45) is 0 Å². The number of amides is 1. The normalized spacial score (nSPS) is 11.2. The minimum absolute atomic E-state index is 0.00619.